The molecule has 1 aliphatic carbocycles. The van der Waals surface area contributed by atoms with Crippen molar-refractivity contribution in [1.82, 2.24) is 24.7 Å². The predicted molar refractivity (Wildman–Crippen MR) is 121 cm³/mol. The van der Waals surface area contributed by atoms with Gasteiger partial charge in [-0.2, -0.15) is 20.0 Å². The number of aryl methyl sites for hydroxylation is 1. The summed E-state index contributed by atoms with van der Waals surface area (Å²) >= 11 is 5.38. The molecule has 0 amide bonds. The van der Waals surface area contributed by atoms with E-state index in [0.717, 1.165) is 47.6 Å². The minimum absolute atomic E-state index is 0.447. The lowest BCUT2D eigenvalue weighted by Gasteiger charge is -2.02. The molecule has 2 aromatic heterocycles. The maximum absolute atomic E-state index is 5.38. The largest absolute Gasteiger partial charge is 0.250 e. The number of para-hydroxylation sites is 1. The van der Waals surface area contributed by atoms with Crippen molar-refractivity contribution in [2.24, 2.45) is 5.10 Å². The Kier molecular flexibility index (Phi) is 4.88. The first-order valence-corrected chi connectivity index (χ1v) is 10.6. The van der Waals surface area contributed by atoms with E-state index in [1.54, 1.807) is 4.68 Å². The van der Waals surface area contributed by atoms with Crippen LogP contribution in [0, 0.1) is 4.77 Å². The maximum Gasteiger partial charge on any atom is 0.216 e. The van der Waals surface area contributed by atoms with Crippen LogP contribution in [0.25, 0.3) is 16.9 Å². The van der Waals surface area contributed by atoms with E-state index in [1.165, 1.54) is 5.56 Å². The summed E-state index contributed by atoms with van der Waals surface area (Å²) in [6, 6.07) is 18.6. The van der Waals surface area contributed by atoms with Crippen LogP contribution >= 0.6 is 12.2 Å². The average molecular weight is 415 g/mol. The molecule has 30 heavy (non-hydrogen) atoms. The van der Waals surface area contributed by atoms with E-state index in [4.69, 9.17) is 17.3 Å². The van der Waals surface area contributed by atoms with Crippen molar-refractivity contribution in [3.63, 3.8) is 0 Å². The number of H-pyrrole nitrogens is 1. The Morgan fingerprint density at radius 3 is 2.60 bits per heavy atom. The molecule has 2 heterocycles. The first kappa shape index (κ1) is 18.7. The summed E-state index contributed by atoms with van der Waals surface area (Å²) in [7, 11) is 0. The van der Waals surface area contributed by atoms with Crippen LogP contribution in [0.2, 0.25) is 0 Å². The van der Waals surface area contributed by atoms with Gasteiger partial charge in [-0.15, -0.1) is 0 Å². The number of aromatic nitrogens is 5. The summed E-state index contributed by atoms with van der Waals surface area (Å²) in [5.74, 6) is 1.35. The van der Waals surface area contributed by atoms with Crippen molar-refractivity contribution in [3.8, 4) is 16.9 Å². The fourth-order valence-electron chi connectivity index (χ4n) is 3.46. The first-order chi connectivity index (χ1) is 14.7. The van der Waals surface area contributed by atoms with E-state index in [-0.39, 0.29) is 0 Å². The number of nitrogens with zero attached hydrogens (tertiary/aromatic N) is 5. The molecule has 2 aromatic carbocycles. The van der Waals surface area contributed by atoms with Gasteiger partial charge in [0.1, 0.15) is 5.69 Å². The third kappa shape index (κ3) is 3.64. The van der Waals surface area contributed by atoms with Crippen molar-refractivity contribution < 1.29 is 0 Å². The predicted octanol–water partition coefficient (Wildman–Crippen LogP) is 5.12. The SMILES string of the molecule is CCc1ccc(-c2nn(-c3ccccc3)cc2/C=N\n2c(C3CC3)n[nH]c2=S)cc1. The van der Waals surface area contributed by atoms with Crippen molar-refractivity contribution in [2.75, 3.05) is 0 Å². The van der Waals surface area contributed by atoms with Gasteiger partial charge in [0.2, 0.25) is 4.77 Å². The Hall–Kier alpha value is -3.32. The van der Waals surface area contributed by atoms with Gasteiger partial charge in [-0.1, -0.05) is 49.4 Å². The molecular formula is C23H22N6S. The van der Waals surface area contributed by atoms with Gasteiger partial charge in [0.25, 0.3) is 0 Å². The first-order valence-electron chi connectivity index (χ1n) is 10.2. The van der Waals surface area contributed by atoms with Crippen molar-refractivity contribution in [2.45, 2.75) is 32.1 Å². The van der Waals surface area contributed by atoms with Gasteiger partial charge in [0.15, 0.2) is 5.82 Å². The highest BCUT2D eigenvalue weighted by molar-refractivity contribution is 7.71. The summed E-state index contributed by atoms with van der Waals surface area (Å²) in [4.78, 5) is 0. The van der Waals surface area contributed by atoms with Gasteiger partial charge in [0.05, 0.1) is 11.9 Å². The summed E-state index contributed by atoms with van der Waals surface area (Å²) in [6.07, 6.45) is 7.11. The van der Waals surface area contributed by atoms with Crippen LogP contribution < -0.4 is 0 Å². The zero-order valence-corrected chi connectivity index (χ0v) is 17.5. The smallest absolute Gasteiger partial charge is 0.216 e. The molecule has 0 bridgehead atoms. The zero-order valence-electron chi connectivity index (χ0n) is 16.7. The Bertz CT molecular complexity index is 1240. The third-order valence-electron chi connectivity index (χ3n) is 5.33. The van der Waals surface area contributed by atoms with Crippen LogP contribution in [-0.4, -0.2) is 30.9 Å². The highest BCUT2D eigenvalue weighted by Crippen LogP contribution is 2.38. The third-order valence-corrected chi connectivity index (χ3v) is 5.59. The van der Waals surface area contributed by atoms with E-state index >= 15 is 0 Å². The molecule has 0 unspecified atom stereocenters. The molecule has 0 saturated heterocycles. The van der Waals surface area contributed by atoms with Crippen LogP contribution in [0.5, 0.6) is 0 Å². The Morgan fingerprint density at radius 2 is 1.90 bits per heavy atom. The Labute approximate surface area is 179 Å². The van der Waals surface area contributed by atoms with Crippen LogP contribution in [-0.2, 0) is 6.42 Å². The Morgan fingerprint density at radius 1 is 1.13 bits per heavy atom. The molecule has 0 aliphatic heterocycles. The molecule has 5 rings (SSSR count). The molecule has 150 valence electrons. The molecule has 4 aromatic rings. The van der Waals surface area contributed by atoms with Gasteiger partial charge in [-0.3, -0.25) is 5.10 Å². The normalized spacial score (nSPS) is 13.9. The molecule has 1 N–H and O–H groups in total. The molecule has 0 atom stereocenters. The fourth-order valence-corrected chi connectivity index (χ4v) is 3.64. The van der Waals surface area contributed by atoms with E-state index in [2.05, 4.69) is 46.5 Å². The highest BCUT2D eigenvalue weighted by Gasteiger charge is 2.29. The summed E-state index contributed by atoms with van der Waals surface area (Å²) in [6.45, 7) is 2.16. The van der Waals surface area contributed by atoms with Gasteiger partial charge < -0.3 is 0 Å². The number of benzene rings is 2. The lowest BCUT2D eigenvalue weighted by molar-refractivity contribution is 0.773. The molecular weight excluding hydrogens is 392 g/mol. The fraction of sp³-hybridized carbons (Fsp3) is 0.217. The number of aromatic amines is 1. The topological polar surface area (TPSA) is 63.8 Å². The molecule has 1 saturated carbocycles. The molecule has 7 heteroatoms. The van der Waals surface area contributed by atoms with Crippen LogP contribution in [0.1, 0.15) is 42.6 Å². The van der Waals surface area contributed by atoms with E-state index in [1.807, 2.05) is 47.4 Å². The number of hydrogen-bond donors (Lipinski definition) is 1. The van der Waals surface area contributed by atoms with Crippen LogP contribution in [0.4, 0.5) is 0 Å². The van der Waals surface area contributed by atoms with Crippen molar-refractivity contribution in [1.29, 1.82) is 0 Å². The van der Waals surface area contributed by atoms with Gasteiger partial charge in [-0.25, -0.2) is 4.68 Å². The highest BCUT2D eigenvalue weighted by atomic mass is 32.1. The molecule has 1 fully saturated rings. The van der Waals surface area contributed by atoms with Gasteiger partial charge in [0, 0.05) is 23.2 Å². The van der Waals surface area contributed by atoms with E-state index in [9.17, 15) is 0 Å². The van der Waals surface area contributed by atoms with Crippen molar-refractivity contribution in [3.05, 3.63) is 82.5 Å². The lowest BCUT2D eigenvalue weighted by Crippen LogP contribution is -1.97. The van der Waals surface area contributed by atoms with Crippen molar-refractivity contribution >= 4 is 18.4 Å². The maximum atomic E-state index is 5.38. The van der Waals surface area contributed by atoms with Gasteiger partial charge in [-0.05, 0) is 49.2 Å². The second-order valence-corrected chi connectivity index (χ2v) is 7.87. The second kappa shape index (κ2) is 7.84. The number of nitrogens with one attached hydrogen (secondary N) is 1. The molecule has 6 nitrogen and oxygen atoms in total. The van der Waals surface area contributed by atoms with Gasteiger partial charge >= 0.3 is 0 Å². The van der Waals surface area contributed by atoms with Crippen LogP contribution in [0.3, 0.4) is 0 Å². The summed E-state index contributed by atoms with van der Waals surface area (Å²) in [5, 5.41) is 16.7. The van der Waals surface area contributed by atoms with Crippen LogP contribution in [0.15, 0.2) is 65.9 Å². The summed E-state index contributed by atoms with van der Waals surface area (Å²) in [5.41, 5.74) is 5.17. The Balaban J connectivity index is 1.58. The average Bonchev–Trinajstić information content (AvgIpc) is 3.44. The number of hydrogen-bond acceptors (Lipinski definition) is 4. The second-order valence-electron chi connectivity index (χ2n) is 7.48. The molecule has 1 aliphatic rings. The van der Waals surface area contributed by atoms with E-state index in [0.29, 0.717) is 10.7 Å². The quantitative estimate of drug-likeness (QED) is 0.352. The lowest BCUT2D eigenvalue weighted by atomic mass is 10.1. The number of rotatable bonds is 6. The summed E-state index contributed by atoms with van der Waals surface area (Å²) < 4.78 is 4.13. The molecule has 0 radical (unpaired) electrons. The minimum Gasteiger partial charge on any atom is -0.250 e. The molecule has 0 spiro atoms. The zero-order chi connectivity index (χ0) is 20.5. The standard InChI is InChI=1S/C23H22N6S/c1-2-16-8-10-17(11-9-16)21-19(15-28(27-21)20-6-4-3-5-7-20)14-24-29-22(18-12-13-18)25-26-23(29)30/h3-11,14-15,18H,2,12-13H2,1H3,(H,26,30)/b24-14-. The minimum atomic E-state index is 0.447. The monoisotopic (exact) mass is 414 g/mol. The van der Waals surface area contributed by atoms with E-state index < -0.39 is 0 Å².